The van der Waals surface area contributed by atoms with Crippen LogP contribution in [0.15, 0.2) is 30.3 Å². The van der Waals surface area contributed by atoms with Crippen LogP contribution in [0.25, 0.3) is 17.0 Å². The summed E-state index contributed by atoms with van der Waals surface area (Å²) in [5.41, 5.74) is 3.56. The molecule has 1 saturated carbocycles. The van der Waals surface area contributed by atoms with Gasteiger partial charge in [0.15, 0.2) is 0 Å². The van der Waals surface area contributed by atoms with Crippen LogP contribution in [0.2, 0.25) is 0 Å². The Labute approximate surface area is 191 Å². The van der Waals surface area contributed by atoms with E-state index >= 15 is 0 Å². The number of benzene rings is 1. The molecule has 2 heterocycles. The number of allylic oxidation sites excluding steroid dienone is 1. The second-order valence-corrected chi connectivity index (χ2v) is 9.93. The zero-order valence-electron chi connectivity index (χ0n) is 19.9. The number of methoxy groups -OCH3 is 1. The summed E-state index contributed by atoms with van der Waals surface area (Å²) in [5, 5.41) is 1.08. The van der Waals surface area contributed by atoms with Gasteiger partial charge < -0.3 is 14.0 Å². The van der Waals surface area contributed by atoms with Gasteiger partial charge in [0.25, 0.3) is 0 Å². The molecular formula is C26H34BNO4. The molecule has 1 aromatic carbocycles. The standard InChI is InChI=1S/C26H34BNO4/c1-25(2)26(3,4)32-27(31-25)23-19-12-10-11-14-21(19)28-24(18-16-17-18)20(23)13-8-6-7-9-15-22(29)30-5/h8,10-14,18H,6-7,9,15-17H2,1-5H3/b13-8+. The molecule has 1 saturated heterocycles. The van der Waals surface area contributed by atoms with E-state index in [0.717, 1.165) is 46.9 Å². The maximum absolute atomic E-state index is 11.3. The van der Waals surface area contributed by atoms with E-state index in [1.54, 1.807) is 0 Å². The van der Waals surface area contributed by atoms with Gasteiger partial charge in [0.1, 0.15) is 0 Å². The lowest BCUT2D eigenvalue weighted by molar-refractivity contribution is -0.140. The molecule has 0 radical (unpaired) electrons. The molecule has 0 amide bonds. The van der Waals surface area contributed by atoms with Crippen molar-refractivity contribution < 1.29 is 18.8 Å². The van der Waals surface area contributed by atoms with Gasteiger partial charge in [-0.25, -0.2) is 0 Å². The normalized spacial score (nSPS) is 19.7. The van der Waals surface area contributed by atoms with Crippen molar-refractivity contribution in [2.75, 3.05) is 7.11 Å². The minimum Gasteiger partial charge on any atom is -0.469 e. The van der Waals surface area contributed by atoms with Crippen molar-refractivity contribution in [3.05, 3.63) is 41.6 Å². The minimum atomic E-state index is -0.440. The summed E-state index contributed by atoms with van der Waals surface area (Å²) < 4.78 is 17.7. The van der Waals surface area contributed by atoms with Gasteiger partial charge in [0, 0.05) is 23.2 Å². The Balaban J connectivity index is 1.69. The van der Waals surface area contributed by atoms with Crippen LogP contribution < -0.4 is 5.46 Å². The molecule has 1 aliphatic carbocycles. The number of esters is 1. The third kappa shape index (κ3) is 4.62. The van der Waals surface area contributed by atoms with Crippen molar-refractivity contribution >= 4 is 35.5 Å². The van der Waals surface area contributed by atoms with Gasteiger partial charge in [0.2, 0.25) is 0 Å². The lowest BCUT2D eigenvalue weighted by atomic mass is 9.72. The van der Waals surface area contributed by atoms with Gasteiger partial charge in [-0.1, -0.05) is 30.4 Å². The summed E-state index contributed by atoms with van der Waals surface area (Å²) in [6, 6.07) is 8.29. The zero-order valence-corrected chi connectivity index (χ0v) is 19.9. The van der Waals surface area contributed by atoms with Crippen LogP contribution in [0, 0.1) is 0 Å². The van der Waals surface area contributed by atoms with E-state index in [4.69, 9.17) is 19.0 Å². The number of unbranched alkanes of at least 4 members (excludes halogenated alkanes) is 2. The van der Waals surface area contributed by atoms with Gasteiger partial charge >= 0.3 is 13.1 Å². The molecule has 2 aromatic rings. The monoisotopic (exact) mass is 435 g/mol. The number of aromatic nitrogens is 1. The van der Waals surface area contributed by atoms with E-state index < -0.39 is 18.3 Å². The molecule has 32 heavy (non-hydrogen) atoms. The van der Waals surface area contributed by atoms with Crippen molar-refractivity contribution in [2.45, 2.75) is 83.3 Å². The molecule has 1 aromatic heterocycles. The lowest BCUT2D eigenvalue weighted by Crippen LogP contribution is -2.41. The second-order valence-electron chi connectivity index (χ2n) is 9.93. The third-order valence-electron chi connectivity index (χ3n) is 6.97. The van der Waals surface area contributed by atoms with Gasteiger partial charge in [0.05, 0.1) is 29.5 Å². The Morgan fingerprint density at radius 3 is 2.50 bits per heavy atom. The number of carbonyl (C=O) groups is 1. The number of hydrogen-bond donors (Lipinski definition) is 0. The van der Waals surface area contributed by atoms with Crippen LogP contribution in [0.1, 0.15) is 83.4 Å². The number of rotatable bonds is 8. The number of fused-ring (bicyclic) bond motifs is 1. The number of pyridine rings is 1. The van der Waals surface area contributed by atoms with Crippen LogP contribution in [0.3, 0.4) is 0 Å². The molecule has 1 aliphatic heterocycles. The number of nitrogens with zero attached hydrogens (tertiary/aromatic N) is 1. The Hall–Kier alpha value is -2.18. The smallest absolute Gasteiger partial charge is 0.469 e. The SMILES string of the molecule is COC(=O)CCCC/C=C/c1c(C2CC2)nc2ccccc2c1B1OC(C)(C)C(C)(C)O1. The van der Waals surface area contributed by atoms with E-state index in [2.05, 4.69) is 58.0 Å². The number of para-hydroxylation sites is 1. The molecule has 170 valence electrons. The van der Waals surface area contributed by atoms with E-state index in [1.807, 2.05) is 6.07 Å². The summed E-state index contributed by atoms with van der Waals surface area (Å²) in [6.07, 6.45) is 9.88. The van der Waals surface area contributed by atoms with Gasteiger partial charge in [-0.05, 0) is 71.4 Å². The summed E-state index contributed by atoms with van der Waals surface area (Å²) >= 11 is 0. The largest absolute Gasteiger partial charge is 0.496 e. The molecule has 0 N–H and O–H groups in total. The number of carbonyl (C=O) groups excluding carboxylic acids is 1. The topological polar surface area (TPSA) is 57.7 Å². The molecular weight excluding hydrogens is 401 g/mol. The highest BCUT2D eigenvalue weighted by Gasteiger charge is 2.53. The molecule has 2 fully saturated rings. The molecule has 0 bridgehead atoms. The van der Waals surface area contributed by atoms with Crippen molar-refractivity contribution in [1.82, 2.24) is 4.98 Å². The highest BCUT2D eigenvalue weighted by Crippen LogP contribution is 2.43. The molecule has 5 nitrogen and oxygen atoms in total. The predicted molar refractivity (Wildman–Crippen MR) is 129 cm³/mol. The molecule has 6 heteroatoms. The average Bonchev–Trinajstić information content (AvgIpc) is 3.56. The Kier molecular flexibility index (Phi) is 6.46. The molecule has 0 spiro atoms. The summed E-state index contributed by atoms with van der Waals surface area (Å²) in [7, 11) is 0.996. The highest BCUT2D eigenvalue weighted by molar-refractivity contribution is 6.66. The third-order valence-corrected chi connectivity index (χ3v) is 6.97. The fraction of sp³-hybridized carbons (Fsp3) is 0.538. The Morgan fingerprint density at radius 1 is 1.16 bits per heavy atom. The minimum absolute atomic E-state index is 0.147. The van der Waals surface area contributed by atoms with Crippen LogP contribution in [-0.2, 0) is 18.8 Å². The summed E-state index contributed by atoms with van der Waals surface area (Å²) in [6.45, 7) is 8.37. The van der Waals surface area contributed by atoms with Crippen molar-refractivity contribution in [3.63, 3.8) is 0 Å². The second kappa shape index (κ2) is 8.99. The van der Waals surface area contributed by atoms with Crippen molar-refractivity contribution in [3.8, 4) is 0 Å². The maximum Gasteiger partial charge on any atom is 0.496 e. The fourth-order valence-electron chi connectivity index (χ4n) is 4.16. The average molecular weight is 435 g/mol. The van der Waals surface area contributed by atoms with Crippen LogP contribution in [0.5, 0.6) is 0 Å². The van der Waals surface area contributed by atoms with E-state index in [9.17, 15) is 4.79 Å². The fourth-order valence-corrected chi connectivity index (χ4v) is 4.16. The maximum atomic E-state index is 11.3. The van der Waals surface area contributed by atoms with Crippen LogP contribution >= 0.6 is 0 Å². The van der Waals surface area contributed by atoms with E-state index in [0.29, 0.717) is 12.3 Å². The highest BCUT2D eigenvalue weighted by atomic mass is 16.7. The van der Waals surface area contributed by atoms with Crippen LogP contribution in [-0.4, -0.2) is 36.4 Å². The molecule has 2 aliphatic rings. The summed E-state index contributed by atoms with van der Waals surface area (Å²) in [4.78, 5) is 16.4. The molecule has 0 atom stereocenters. The van der Waals surface area contributed by atoms with Crippen molar-refractivity contribution in [2.24, 2.45) is 0 Å². The molecule has 4 rings (SSSR count). The Bertz CT molecular complexity index is 1010. The Morgan fingerprint density at radius 2 is 1.84 bits per heavy atom. The first-order chi connectivity index (χ1) is 15.2. The van der Waals surface area contributed by atoms with Crippen molar-refractivity contribution in [1.29, 1.82) is 0 Å². The first-order valence-electron chi connectivity index (χ1n) is 11.7. The first kappa shape index (κ1) is 23.0. The van der Waals surface area contributed by atoms with Gasteiger partial charge in [-0.2, -0.15) is 0 Å². The van der Waals surface area contributed by atoms with E-state index in [-0.39, 0.29) is 5.97 Å². The quantitative estimate of drug-likeness (QED) is 0.326. The van der Waals surface area contributed by atoms with Gasteiger partial charge in [-0.15, -0.1) is 0 Å². The molecule has 0 unspecified atom stereocenters. The lowest BCUT2D eigenvalue weighted by Gasteiger charge is -2.32. The number of hydrogen-bond acceptors (Lipinski definition) is 5. The predicted octanol–water partition coefficient (Wildman–Crippen LogP) is 5.16. The number of ether oxygens (including phenoxy) is 1. The van der Waals surface area contributed by atoms with Crippen LogP contribution in [0.4, 0.5) is 0 Å². The zero-order chi connectivity index (χ0) is 22.9. The first-order valence-corrected chi connectivity index (χ1v) is 11.7. The summed E-state index contributed by atoms with van der Waals surface area (Å²) in [5.74, 6) is 0.353. The van der Waals surface area contributed by atoms with Gasteiger partial charge in [-0.3, -0.25) is 9.78 Å². The van der Waals surface area contributed by atoms with E-state index in [1.165, 1.54) is 20.0 Å².